The first-order valence-corrected chi connectivity index (χ1v) is 24.3. The van der Waals surface area contributed by atoms with Crippen molar-refractivity contribution in [3.05, 3.63) is 12.2 Å². The van der Waals surface area contributed by atoms with Crippen molar-refractivity contribution in [1.29, 1.82) is 0 Å². The first-order valence-electron chi connectivity index (χ1n) is 24.3. The van der Waals surface area contributed by atoms with Gasteiger partial charge >= 0.3 is 11.9 Å². The van der Waals surface area contributed by atoms with Crippen LogP contribution in [-0.2, 0) is 28.5 Å². The standard InChI is InChI=1S/C48H90O10/c1-3-5-7-9-11-13-15-17-19-20-21-22-23-25-26-28-30-32-34-36-43(50)55-39-41(40-56-48-47(54)46(53)45(52)42(38-49)58-48)57-44(51)37-35-33-31-29-27-24-18-16-14-12-10-8-6-4-2/h16,18,41-42,45-49,52-54H,3-15,17,19-40H2,1-2H3/b18-16-. The van der Waals surface area contributed by atoms with Crippen molar-refractivity contribution in [2.45, 2.75) is 263 Å². The van der Waals surface area contributed by atoms with Gasteiger partial charge < -0.3 is 39.4 Å². The van der Waals surface area contributed by atoms with E-state index >= 15 is 0 Å². The largest absolute Gasteiger partial charge is 0.462 e. The molecule has 0 bridgehead atoms. The molecular weight excluding hydrogens is 737 g/mol. The van der Waals surface area contributed by atoms with Gasteiger partial charge in [0.1, 0.15) is 31.0 Å². The van der Waals surface area contributed by atoms with Crippen LogP contribution < -0.4 is 0 Å². The molecule has 0 aromatic carbocycles. The molecule has 342 valence electrons. The molecule has 6 unspecified atom stereocenters. The van der Waals surface area contributed by atoms with Crippen LogP contribution in [-0.4, -0.2) is 89.0 Å². The monoisotopic (exact) mass is 827 g/mol. The highest BCUT2D eigenvalue weighted by molar-refractivity contribution is 5.70. The zero-order valence-corrected chi connectivity index (χ0v) is 37.3. The smallest absolute Gasteiger partial charge is 0.306 e. The second-order valence-corrected chi connectivity index (χ2v) is 16.9. The average Bonchev–Trinajstić information content (AvgIpc) is 3.22. The van der Waals surface area contributed by atoms with Gasteiger partial charge in [0, 0.05) is 12.8 Å². The molecule has 0 spiro atoms. The highest BCUT2D eigenvalue weighted by Crippen LogP contribution is 2.23. The van der Waals surface area contributed by atoms with E-state index in [1.165, 1.54) is 141 Å². The van der Waals surface area contributed by atoms with Gasteiger partial charge in [0.15, 0.2) is 12.4 Å². The van der Waals surface area contributed by atoms with E-state index in [-0.39, 0.29) is 32.0 Å². The van der Waals surface area contributed by atoms with Gasteiger partial charge in [0.2, 0.25) is 0 Å². The number of carbonyl (C=O) groups excluding carboxylic acids is 2. The Labute approximate surface area is 354 Å². The molecule has 1 fully saturated rings. The zero-order valence-electron chi connectivity index (χ0n) is 37.3. The number of hydrogen-bond acceptors (Lipinski definition) is 10. The van der Waals surface area contributed by atoms with E-state index in [0.717, 1.165) is 51.4 Å². The Balaban J connectivity index is 2.27. The summed E-state index contributed by atoms with van der Waals surface area (Å²) in [5.41, 5.74) is 0. The van der Waals surface area contributed by atoms with Crippen molar-refractivity contribution >= 4 is 11.9 Å². The summed E-state index contributed by atoms with van der Waals surface area (Å²) in [4.78, 5) is 25.4. The Morgan fingerprint density at radius 1 is 0.517 bits per heavy atom. The van der Waals surface area contributed by atoms with Gasteiger partial charge in [-0.2, -0.15) is 0 Å². The van der Waals surface area contributed by atoms with Gasteiger partial charge in [-0.25, -0.2) is 0 Å². The fourth-order valence-corrected chi connectivity index (χ4v) is 7.54. The molecular formula is C48H90O10. The zero-order chi connectivity index (χ0) is 42.3. The van der Waals surface area contributed by atoms with Crippen molar-refractivity contribution in [1.82, 2.24) is 0 Å². The normalized spacial score (nSPS) is 20.1. The maximum absolute atomic E-state index is 12.8. The molecule has 0 aliphatic carbocycles. The maximum Gasteiger partial charge on any atom is 0.306 e. The Morgan fingerprint density at radius 3 is 1.34 bits per heavy atom. The summed E-state index contributed by atoms with van der Waals surface area (Å²) in [5.74, 6) is -0.804. The molecule has 1 rings (SSSR count). The minimum Gasteiger partial charge on any atom is -0.462 e. The molecule has 1 heterocycles. The van der Waals surface area contributed by atoms with Crippen molar-refractivity contribution < 1.29 is 49.0 Å². The van der Waals surface area contributed by atoms with Crippen molar-refractivity contribution in [3.63, 3.8) is 0 Å². The quantitative estimate of drug-likeness (QED) is 0.0266. The van der Waals surface area contributed by atoms with Crippen LogP contribution in [0.3, 0.4) is 0 Å². The van der Waals surface area contributed by atoms with Gasteiger partial charge in [-0.05, 0) is 38.5 Å². The van der Waals surface area contributed by atoms with Crippen LogP contribution in [0.25, 0.3) is 0 Å². The second-order valence-electron chi connectivity index (χ2n) is 16.9. The first-order chi connectivity index (χ1) is 28.3. The van der Waals surface area contributed by atoms with Gasteiger partial charge in [0.25, 0.3) is 0 Å². The summed E-state index contributed by atoms with van der Waals surface area (Å²) >= 11 is 0. The topological polar surface area (TPSA) is 152 Å². The number of aliphatic hydroxyl groups is 4. The molecule has 1 saturated heterocycles. The third-order valence-electron chi connectivity index (χ3n) is 11.4. The van der Waals surface area contributed by atoms with Gasteiger partial charge in [0.05, 0.1) is 13.2 Å². The Bertz CT molecular complexity index is 959. The summed E-state index contributed by atoms with van der Waals surface area (Å²) in [5, 5.41) is 40.1. The number of esters is 2. The molecule has 10 heteroatoms. The third kappa shape index (κ3) is 30.5. The number of carbonyl (C=O) groups is 2. The van der Waals surface area contributed by atoms with Gasteiger partial charge in [-0.1, -0.05) is 187 Å². The lowest BCUT2D eigenvalue weighted by atomic mass is 9.99. The SMILES string of the molecule is CCCCCCC/C=C\CCCCCCCC(=O)OC(COC(=O)CCCCCCCCCCCCCCCCCCCCC)COC1OC(CO)C(O)C(O)C1O. The molecule has 1 aliphatic heterocycles. The summed E-state index contributed by atoms with van der Waals surface area (Å²) in [6.07, 6.45) is 35.0. The lowest BCUT2D eigenvalue weighted by molar-refractivity contribution is -0.305. The molecule has 0 amide bonds. The number of ether oxygens (including phenoxy) is 4. The van der Waals surface area contributed by atoms with E-state index < -0.39 is 49.4 Å². The molecule has 0 aromatic heterocycles. The van der Waals surface area contributed by atoms with E-state index in [4.69, 9.17) is 18.9 Å². The van der Waals surface area contributed by atoms with Crippen LogP contribution >= 0.6 is 0 Å². The van der Waals surface area contributed by atoms with E-state index in [2.05, 4.69) is 26.0 Å². The lowest BCUT2D eigenvalue weighted by Gasteiger charge is -2.39. The fraction of sp³-hybridized carbons (Fsp3) is 0.917. The molecule has 4 N–H and O–H groups in total. The summed E-state index contributed by atoms with van der Waals surface area (Å²) in [6.45, 7) is 3.44. The number of aliphatic hydroxyl groups excluding tert-OH is 4. The van der Waals surface area contributed by atoms with Crippen LogP contribution in [0.5, 0.6) is 0 Å². The van der Waals surface area contributed by atoms with Crippen LogP contribution in [0.2, 0.25) is 0 Å². The predicted molar refractivity (Wildman–Crippen MR) is 233 cm³/mol. The number of hydrogen-bond donors (Lipinski definition) is 4. The second kappa shape index (κ2) is 39.6. The molecule has 6 atom stereocenters. The van der Waals surface area contributed by atoms with E-state index in [9.17, 15) is 30.0 Å². The Morgan fingerprint density at radius 2 is 0.914 bits per heavy atom. The number of allylic oxidation sites excluding steroid dienone is 2. The van der Waals surface area contributed by atoms with Crippen LogP contribution in [0.4, 0.5) is 0 Å². The molecule has 0 radical (unpaired) electrons. The molecule has 58 heavy (non-hydrogen) atoms. The molecule has 1 aliphatic rings. The van der Waals surface area contributed by atoms with Gasteiger partial charge in [-0.3, -0.25) is 9.59 Å². The summed E-state index contributed by atoms with van der Waals surface area (Å²) < 4.78 is 22.2. The van der Waals surface area contributed by atoms with E-state index in [0.29, 0.717) is 6.42 Å². The maximum atomic E-state index is 12.8. The minimum absolute atomic E-state index is 0.215. The Hall–Kier alpha value is -1.56. The first kappa shape index (κ1) is 54.5. The minimum atomic E-state index is -1.59. The van der Waals surface area contributed by atoms with Crippen LogP contribution in [0, 0.1) is 0 Å². The van der Waals surface area contributed by atoms with E-state index in [1.54, 1.807) is 0 Å². The average molecular weight is 827 g/mol. The fourth-order valence-electron chi connectivity index (χ4n) is 7.54. The highest BCUT2D eigenvalue weighted by atomic mass is 16.7. The Kier molecular flexibility index (Phi) is 37.2. The van der Waals surface area contributed by atoms with Gasteiger partial charge in [-0.15, -0.1) is 0 Å². The summed E-state index contributed by atoms with van der Waals surface area (Å²) in [7, 11) is 0. The van der Waals surface area contributed by atoms with Crippen molar-refractivity contribution in [2.24, 2.45) is 0 Å². The molecule has 10 nitrogen and oxygen atoms in total. The van der Waals surface area contributed by atoms with Crippen LogP contribution in [0.1, 0.15) is 226 Å². The number of unbranched alkanes of at least 4 members (excludes halogenated alkanes) is 28. The lowest BCUT2D eigenvalue weighted by Crippen LogP contribution is -2.59. The van der Waals surface area contributed by atoms with Crippen molar-refractivity contribution in [2.75, 3.05) is 19.8 Å². The van der Waals surface area contributed by atoms with E-state index in [1.807, 2.05) is 0 Å². The highest BCUT2D eigenvalue weighted by Gasteiger charge is 2.44. The molecule has 0 saturated carbocycles. The number of rotatable bonds is 41. The van der Waals surface area contributed by atoms with Crippen LogP contribution in [0.15, 0.2) is 12.2 Å². The summed E-state index contributed by atoms with van der Waals surface area (Å²) in [6, 6.07) is 0. The predicted octanol–water partition coefficient (Wildman–Crippen LogP) is 10.7. The van der Waals surface area contributed by atoms with Crippen molar-refractivity contribution in [3.8, 4) is 0 Å². The third-order valence-corrected chi connectivity index (χ3v) is 11.4. The molecule has 0 aromatic rings.